The summed E-state index contributed by atoms with van der Waals surface area (Å²) in [5.74, 6) is 0.402. The van der Waals surface area contributed by atoms with Crippen molar-refractivity contribution in [2.24, 2.45) is 11.7 Å². The van der Waals surface area contributed by atoms with Crippen LogP contribution in [0, 0.1) is 16.0 Å². The second-order valence-corrected chi connectivity index (χ2v) is 4.29. The maximum atomic E-state index is 10.6. The molecule has 2 atom stereocenters. The molecule has 1 aliphatic carbocycles. The van der Waals surface area contributed by atoms with Gasteiger partial charge in [-0.15, -0.1) is 0 Å². The van der Waals surface area contributed by atoms with Gasteiger partial charge in [0.1, 0.15) is 0 Å². The van der Waals surface area contributed by atoms with Crippen molar-refractivity contribution in [2.45, 2.75) is 25.3 Å². The first-order valence-electron chi connectivity index (χ1n) is 5.08. The highest BCUT2D eigenvalue weighted by Crippen LogP contribution is 2.44. The molecular formula is C11H14N2O2. The zero-order valence-electron chi connectivity index (χ0n) is 8.64. The molecule has 0 bridgehead atoms. The lowest BCUT2D eigenvalue weighted by molar-refractivity contribution is -0.385. The molecule has 80 valence electrons. The average Bonchev–Trinajstić information content (AvgIpc) is 2.26. The standard InChI is InChI=1S/C11H14N2O2/c1-8-5-6-11(8,12)9-3-2-4-10(7-9)13(14)15/h2-4,7-8H,5-6,12H2,1H3. The fraction of sp³-hybridized carbons (Fsp3) is 0.455. The average molecular weight is 206 g/mol. The van der Waals surface area contributed by atoms with E-state index in [4.69, 9.17) is 5.73 Å². The van der Waals surface area contributed by atoms with Gasteiger partial charge in [-0.05, 0) is 24.3 Å². The molecule has 1 aromatic carbocycles. The largest absolute Gasteiger partial charge is 0.321 e. The minimum Gasteiger partial charge on any atom is -0.321 e. The van der Waals surface area contributed by atoms with E-state index in [0.29, 0.717) is 5.92 Å². The van der Waals surface area contributed by atoms with Crippen LogP contribution < -0.4 is 5.73 Å². The zero-order valence-corrected chi connectivity index (χ0v) is 8.64. The molecule has 0 amide bonds. The third-order valence-corrected chi connectivity index (χ3v) is 3.46. The monoisotopic (exact) mass is 206 g/mol. The summed E-state index contributed by atoms with van der Waals surface area (Å²) in [4.78, 5) is 10.3. The molecule has 1 aliphatic rings. The number of benzene rings is 1. The van der Waals surface area contributed by atoms with Crippen LogP contribution in [0.4, 0.5) is 5.69 Å². The Balaban J connectivity index is 2.37. The van der Waals surface area contributed by atoms with Crippen molar-refractivity contribution in [1.29, 1.82) is 0 Å². The molecule has 2 N–H and O–H groups in total. The number of nitrogens with zero attached hydrogens (tertiary/aromatic N) is 1. The molecule has 1 aromatic rings. The van der Waals surface area contributed by atoms with E-state index in [1.807, 2.05) is 6.07 Å². The van der Waals surface area contributed by atoms with Gasteiger partial charge in [0.05, 0.1) is 4.92 Å². The van der Waals surface area contributed by atoms with E-state index in [-0.39, 0.29) is 16.1 Å². The summed E-state index contributed by atoms with van der Waals surface area (Å²) in [7, 11) is 0. The van der Waals surface area contributed by atoms with Crippen LogP contribution in [0.25, 0.3) is 0 Å². The Morgan fingerprint density at radius 2 is 2.33 bits per heavy atom. The number of hydrogen-bond donors (Lipinski definition) is 1. The van der Waals surface area contributed by atoms with Gasteiger partial charge < -0.3 is 5.73 Å². The maximum absolute atomic E-state index is 10.6. The molecular weight excluding hydrogens is 192 g/mol. The fourth-order valence-electron chi connectivity index (χ4n) is 2.08. The summed E-state index contributed by atoms with van der Waals surface area (Å²) in [5.41, 5.74) is 6.87. The third kappa shape index (κ3) is 1.51. The Labute approximate surface area is 88.2 Å². The van der Waals surface area contributed by atoms with Gasteiger partial charge in [-0.1, -0.05) is 19.1 Å². The molecule has 1 saturated carbocycles. The molecule has 0 heterocycles. The lowest BCUT2D eigenvalue weighted by Crippen LogP contribution is -2.50. The SMILES string of the molecule is CC1CCC1(N)c1cccc([N+](=O)[O-])c1. The van der Waals surface area contributed by atoms with Crippen LogP contribution in [-0.2, 0) is 5.54 Å². The predicted molar refractivity (Wildman–Crippen MR) is 57.4 cm³/mol. The number of nitro benzene ring substituents is 1. The molecule has 0 saturated heterocycles. The first-order chi connectivity index (χ1) is 7.04. The van der Waals surface area contributed by atoms with E-state index in [0.717, 1.165) is 18.4 Å². The van der Waals surface area contributed by atoms with Crippen LogP contribution in [0.3, 0.4) is 0 Å². The first-order valence-corrected chi connectivity index (χ1v) is 5.08. The summed E-state index contributed by atoms with van der Waals surface area (Å²) < 4.78 is 0. The molecule has 2 unspecified atom stereocenters. The summed E-state index contributed by atoms with van der Waals surface area (Å²) in [6, 6.07) is 6.67. The van der Waals surface area contributed by atoms with Crippen LogP contribution in [0.15, 0.2) is 24.3 Å². The summed E-state index contributed by atoms with van der Waals surface area (Å²) in [6.45, 7) is 2.09. The van der Waals surface area contributed by atoms with Crippen molar-refractivity contribution in [2.75, 3.05) is 0 Å². The maximum Gasteiger partial charge on any atom is 0.269 e. The minimum atomic E-state index is -0.379. The van der Waals surface area contributed by atoms with Crippen LogP contribution in [0.5, 0.6) is 0 Å². The number of nitro groups is 1. The molecule has 0 radical (unpaired) electrons. The fourth-order valence-corrected chi connectivity index (χ4v) is 2.08. The van der Waals surface area contributed by atoms with E-state index in [1.165, 1.54) is 6.07 Å². The summed E-state index contributed by atoms with van der Waals surface area (Å²) in [5, 5.41) is 10.6. The molecule has 0 aromatic heterocycles. The van der Waals surface area contributed by atoms with E-state index in [9.17, 15) is 10.1 Å². The van der Waals surface area contributed by atoms with Crippen molar-refractivity contribution < 1.29 is 4.92 Å². The minimum absolute atomic E-state index is 0.122. The molecule has 4 heteroatoms. The van der Waals surface area contributed by atoms with Gasteiger partial charge in [0, 0.05) is 17.7 Å². The van der Waals surface area contributed by atoms with E-state index in [1.54, 1.807) is 12.1 Å². The van der Waals surface area contributed by atoms with Crippen LogP contribution in [-0.4, -0.2) is 4.92 Å². The molecule has 4 nitrogen and oxygen atoms in total. The Morgan fingerprint density at radius 3 is 2.80 bits per heavy atom. The first kappa shape index (κ1) is 10.1. The highest BCUT2D eigenvalue weighted by Gasteiger charge is 2.42. The van der Waals surface area contributed by atoms with Crippen molar-refractivity contribution in [3.05, 3.63) is 39.9 Å². The topological polar surface area (TPSA) is 69.2 Å². The van der Waals surface area contributed by atoms with E-state index < -0.39 is 0 Å². The van der Waals surface area contributed by atoms with E-state index in [2.05, 4.69) is 6.92 Å². The second kappa shape index (κ2) is 3.31. The van der Waals surface area contributed by atoms with Crippen molar-refractivity contribution >= 4 is 5.69 Å². The molecule has 0 spiro atoms. The normalized spacial score (nSPS) is 29.6. The van der Waals surface area contributed by atoms with Gasteiger partial charge in [0.2, 0.25) is 0 Å². The van der Waals surface area contributed by atoms with Crippen molar-refractivity contribution in [3.63, 3.8) is 0 Å². The summed E-state index contributed by atoms with van der Waals surface area (Å²) >= 11 is 0. The molecule has 15 heavy (non-hydrogen) atoms. The number of non-ortho nitro benzene ring substituents is 1. The lowest BCUT2D eigenvalue weighted by atomic mass is 9.64. The molecule has 0 aliphatic heterocycles. The highest BCUT2D eigenvalue weighted by atomic mass is 16.6. The Bertz CT molecular complexity index is 405. The van der Waals surface area contributed by atoms with Crippen LogP contribution in [0.2, 0.25) is 0 Å². The van der Waals surface area contributed by atoms with Gasteiger partial charge in [0.25, 0.3) is 5.69 Å². The third-order valence-electron chi connectivity index (χ3n) is 3.46. The van der Waals surface area contributed by atoms with Crippen LogP contribution >= 0.6 is 0 Å². The molecule has 1 fully saturated rings. The Kier molecular flexibility index (Phi) is 2.23. The summed E-state index contributed by atoms with van der Waals surface area (Å²) in [6.07, 6.45) is 2.01. The smallest absolute Gasteiger partial charge is 0.269 e. The second-order valence-electron chi connectivity index (χ2n) is 4.29. The van der Waals surface area contributed by atoms with E-state index >= 15 is 0 Å². The number of nitrogens with two attached hydrogens (primary N) is 1. The Morgan fingerprint density at radius 1 is 1.60 bits per heavy atom. The predicted octanol–water partition coefficient (Wildman–Crippen LogP) is 2.18. The van der Waals surface area contributed by atoms with Gasteiger partial charge in [-0.25, -0.2) is 0 Å². The highest BCUT2D eigenvalue weighted by molar-refractivity contribution is 5.39. The number of hydrogen-bond acceptors (Lipinski definition) is 3. The lowest BCUT2D eigenvalue weighted by Gasteiger charge is -2.45. The van der Waals surface area contributed by atoms with Gasteiger partial charge >= 0.3 is 0 Å². The zero-order chi connectivity index (χ0) is 11.1. The van der Waals surface area contributed by atoms with Crippen molar-refractivity contribution in [3.8, 4) is 0 Å². The number of rotatable bonds is 2. The quantitative estimate of drug-likeness (QED) is 0.595. The van der Waals surface area contributed by atoms with Gasteiger partial charge in [-0.3, -0.25) is 10.1 Å². The van der Waals surface area contributed by atoms with Gasteiger partial charge in [-0.2, -0.15) is 0 Å². The van der Waals surface area contributed by atoms with Crippen molar-refractivity contribution in [1.82, 2.24) is 0 Å². The van der Waals surface area contributed by atoms with Gasteiger partial charge in [0.15, 0.2) is 0 Å². The van der Waals surface area contributed by atoms with Crippen LogP contribution in [0.1, 0.15) is 25.3 Å². The molecule has 2 rings (SSSR count). The Hall–Kier alpha value is -1.42.